The molecule has 84 valence electrons. The lowest BCUT2D eigenvalue weighted by atomic mass is 10.00. The summed E-state index contributed by atoms with van der Waals surface area (Å²) in [5.41, 5.74) is 0. The minimum atomic E-state index is -1.57. The van der Waals surface area contributed by atoms with E-state index in [0.29, 0.717) is 0 Å². The van der Waals surface area contributed by atoms with Gasteiger partial charge in [0.1, 0.15) is 24.4 Å². The number of aliphatic hydroxyl groups excluding tert-OH is 5. The summed E-state index contributed by atoms with van der Waals surface area (Å²) in [6, 6.07) is 0. The van der Waals surface area contributed by atoms with Gasteiger partial charge in [0.25, 0.3) is 0 Å². The van der Waals surface area contributed by atoms with Gasteiger partial charge in [0, 0.05) is 9.93 Å². The molecule has 0 amide bonds. The highest BCUT2D eigenvalue weighted by Crippen LogP contribution is 2.18. The summed E-state index contributed by atoms with van der Waals surface area (Å²) in [6.45, 7) is -0.526. The number of ether oxygens (including phenoxy) is 1. The molecule has 8 nitrogen and oxygen atoms in total. The van der Waals surface area contributed by atoms with Crippen LogP contribution in [-0.2, 0) is 4.74 Å². The average Bonchev–Trinajstić information content (AvgIpc) is 2.23. The predicted molar refractivity (Wildman–Crippen MR) is 42.7 cm³/mol. The second-order valence-corrected chi connectivity index (χ2v) is 2.72. The van der Waals surface area contributed by atoms with Crippen LogP contribution in [0.5, 0.6) is 0 Å². The number of hydrogen-bond donors (Lipinski definition) is 5. The summed E-state index contributed by atoms with van der Waals surface area (Å²) in [7, 11) is 0. The Morgan fingerprint density at radius 2 is 1.43 bits per heavy atom. The Balaban J connectivity index is 0.000000791. The minimum Gasteiger partial charge on any atom is -0.394 e. The molecule has 14 heavy (non-hydrogen) atoms. The molecule has 0 aromatic carbocycles. The van der Waals surface area contributed by atoms with E-state index >= 15 is 0 Å². The van der Waals surface area contributed by atoms with Gasteiger partial charge < -0.3 is 30.3 Å². The van der Waals surface area contributed by atoms with Gasteiger partial charge in [0.05, 0.1) is 6.61 Å². The maximum Gasteiger partial charge on any atom is 0.184 e. The zero-order valence-corrected chi connectivity index (χ0v) is 7.05. The van der Waals surface area contributed by atoms with Crippen molar-refractivity contribution in [2.45, 2.75) is 30.7 Å². The van der Waals surface area contributed by atoms with Crippen molar-refractivity contribution >= 4 is 0 Å². The van der Waals surface area contributed by atoms with Gasteiger partial charge in [-0.15, -0.1) is 0 Å². The highest BCUT2D eigenvalue weighted by atomic mass is 16.7. The normalized spacial score (nSPS) is 42.5. The monoisotopic (exact) mass is 212 g/mol. The van der Waals surface area contributed by atoms with Gasteiger partial charge >= 0.3 is 0 Å². The second-order valence-electron chi connectivity index (χ2n) is 2.72. The Morgan fingerprint density at radius 1 is 0.929 bits per heavy atom. The maximum absolute atomic E-state index is 9.12. The average molecular weight is 212 g/mol. The Kier molecular flexibility index (Phi) is 5.69. The third-order valence-electron chi connectivity index (χ3n) is 1.87. The summed E-state index contributed by atoms with van der Waals surface area (Å²) in [5.74, 6) is 0. The number of aliphatic hydroxyl groups is 5. The van der Waals surface area contributed by atoms with E-state index in [9.17, 15) is 0 Å². The fraction of sp³-hybridized carbons (Fsp3) is 1.00. The van der Waals surface area contributed by atoms with E-state index < -0.39 is 37.3 Å². The Bertz CT molecular complexity index is 159. The first kappa shape index (κ1) is 13.4. The molecule has 0 bridgehead atoms. The van der Waals surface area contributed by atoms with E-state index in [0.717, 1.165) is 0 Å². The molecule has 0 saturated carbocycles. The summed E-state index contributed by atoms with van der Waals surface area (Å²) in [6.07, 6.45) is -7.04. The highest BCUT2D eigenvalue weighted by Gasteiger charge is 2.42. The third-order valence-corrected chi connectivity index (χ3v) is 1.87. The first-order valence-electron chi connectivity index (χ1n) is 3.73. The molecule has 5 N–H and O–H groups in total. The summed E-state index contributed by atoms with van der Waals surface area (Å²) in [5, 5.41) is 44.7. The summed E-state index contributed by atoms with van der Waals surface area (Å²) in [4.78, 5) is 14.0. The van der Waals surface area contributed by atoms with Crippen LogP contribution in [-0.4, -0.2) is 62.8 Å². The molecule has 5 unspecified atom stereocenters. The molecular formula is C6H12O8. The molecular weight excluding hydrogens is 200 g/mol. The topological polar surface area (TPSA) is 145 Å². The zero-order valence-electron chi connectivity index (χ0n) is 7.05. The first-order chi connectivity index (χ1) is 6.57. The highest BCUT2D eigenvalue weighted by molar-refractivity contribution is 4.87. The molecule has 5 atom stereocenters. The molecule has 1 aliphatic rings. The van der Waals surface area contributed by atoms with Crippen LogP contribution in [0.25, 0.3) is 0 Å². The quantitative estimate of drug-likeness (QED) is 0.306. The van der Waals surface area contributed by atoms with Crippen LogP contribution in [0.15, 0.2) is 0 Å². The Hall–Kier alpha value is -0.640. The second kappa shape index (κ2) is 5.96. The molecule has 0 spiro atoms. The van der Waals surface area contributed by atoms with E-state index in [1.54, 1.807) is 0 Å². The van der Waals surface area contributed by atoms with Gasteiger partial charge in [0.2, 0.25) is 0 Å². The van der Waals surface area contributed by atoms with Crippen molar-refractivity contribution in [2.75, 3.05) is 6.61 Å². The van der Waals surface area contributed by atoms with E-state index in [2.05, 4.69) is 4.74 Å². The standard InChI is InChI=1S/C6H12O6.O2/c7-1-2-3(8)4(9)5(10)6(11)12-2;1-2/h2-11H,1H2;. The molecule has 1 aliphatic heterocycles. The van der Waals surface area contributed by atoms with Crippen LogP contribution in [0.2, 0.25) is 0 Å². The molecule has 0 aromatic rings. The smallest absolute Gasteiger partial charge is 0.184 e. The van der Waals surface area contributed by atoms with Gasteiger partial charge in [-0.05, 0) is 0 Å². The third kappa shape index (κ3) is 2.67. The van der Waals surface area contributed by atoms with Gasteiger partial charge in [0.15, 0.2) is 6.29 Å². The van der Waals surface area contributed by atoms with Crippen molar-refractivity contribution in [1.29, 1.82) is 0 Å². The van der Waals surface area contributed by atoms with Crippen molar-refractivity contribution in [3.63, 3.8) is 0 Å². The number of rotatable bonds is 1. The van der Waals surface area contributed by atoms with Crippen molar-refractivity contribution in [1.82, 2.24) is 0 Å². The molecule has 8 heteroatoms. The lowest BCUT2D eigenvalue weighted by Crippen LogP contribution is -2.58. The minimum absolute atomic E-state index is 0.526. The first-order valence-corrected chi connectivity index (χ1v) is 3.73. The van der Waals surface area contributed by atoms with Gasteiger partial charge in [-0.2, -0.15) is 0 Å². The molecule has 1 saturated heterocycles. The van der Waals surface area contributed by atoms with E-state index in [1.807, 2.05) is 0 Å². The predicted octanol–water partition coefficient (Wildman–Crippen LogP) is -3.15. The van der Waals surface area contributed by atoms with Gasteiger partial charge in [-0.1, -0.05) is 0 Å². The molecule has 1 fully saturated rings. The van der Waals surface area contributed by atoms with Crippen LogP contribution in [0.3, 0.4) is 0 Å². The van der Waals surface area contributed by atoms with Crippen molar-refractivity contribution < 1.29 is 30.3 Å². The van der Waals surface area contributed by atoms with Gasteiger partial charge in [-0.3, -0.25) is 0 Å². The van der Waals surface area contributed by atoms with E-state index in [1.165, 1.54) is 0 Å². The Morgan fingerprint density at radius 3 is 1.86 bits per heavy atom. The van der Waals surface area contributed by atoms with Crippen LogP contribution < -0.4 is 0 Å². The van der Waals surface area contributed by atoms with E-state index in [4.69, 9.17) is 35.5 Å². The lowest BCUT2D eigenvalue weighted by molar-refractivity contribution is -0.286. The molecule has 0 radical (unpaired) electrons. The number of hydrogen-bond acceptors (Lipinski definition) is 8. The fourth-order valence-corrected chi connectivity index (χ4v) is 1.08. The Labute approximate surface area is 78.6 Å². The molecule has 1 rings (SSSR count). The maximum atomic E-state index is 9.12. The lowest BCUT2D eigenvalue weighted by Gasteiger charge is -2.37. The van der Waals surface area contributed by atoms with E-state index in [-0.39, 0.29) is 0 Å². The zero-order chi connectivity index (χ0) is 11.3. The largest absolute Gasteiger partial charge is 0.394 e. The fourth-order valence-electron chi connectivity index (χ4n) is 1.08. The summed E-state index contributed by atoms with van der Waals surface area (Å²) >= 11 is 0. The van der Waals surface area contributed by atoms with Crippen molar-refractivity contribution in [2.24, 2.45) is 0 Å². The molecule has 0 aliphatic carbocycles. The van der Waals surface area contributed by atoms with Crippen LogP contribution in [0.4, 0.5) is 0 Å². The van der Waals surface area contributed by atoms with Crippen LogP contribution >= 0.6 is 0 Å². The van der Waals surface area contributed by atoms with Crippen molar-refractivity contribution in [3.8, 4) is 0 Å². The SMILES string of the molecule is O=O.OCC1OC(O)C(O)C(O)C1O. The molecule has 1 heterocycles. The van der Waals surface area contributed by atoms with Gasteiger partial charge in [-0.25, -0.2) is 0 Å². The van der Waals surface area contributed by atoms with Crippen LogP contribution in [0, 0.1) is 9.93 Å². The molecule has 0 aromatic heterocycles. The van der Waals surface area contributed by atoms with Crippen LogP contribution in [0.1, 0.15) is 0 Å². The summed E-state index contributed by atoms with van der Waals surface area (Å²) < 4.78 is 4.58. The van der Waals surface area contributed by atoms with Crippen molar-refractivity contribution in [3.05, 3.63) is 9.93 Å².